The summed E-state index contributed by atoms with van der Waals surface area (Å²) >= 11 is 3.44. The quantitative estimate of drug-likeness (QED) is 0.886. The monoisotopic (exact) mass is 364 g/mol. The van der Waals surface area contributed by atoms with Crippen molar-refractivity contribution in [3.8, 4) is 5.82 Å². The minimum atomic E-state index is -0.0851. The molecule has 1 amide bonds. The molecule has 0 spiro atoms. The van der Waals surface area contributed by atoms with Gasteiger partial charge in [-0.3, -0.25) is 9.36 Å². The number of carbonyl (C=O) groups is 1. The Morgan fingerprint density at radius 3 is 2.64 bits per heavy atom. The minimum absolute atomic E-state index is 0.0851. The van der Waals surface area contributed by atoms with Crippen molar-refractivity contribution < 1.29 is 4.79 Å². The lowest BCUT2D eigenvalue weighted by atomic mass is 10.1. The maximum atomic E-state index is 12.3. The van der Waals surface area contributed by atoms with Crippen LogP contribution in [0.3, 0.4) is 0 Å². The fraction of sp³-hybridized carbons (Fsp3) is 0.429. The first kappa shape index (κ1) is 15.1. The van der Waals surface area contributed by atoms with Crippen LogP contribution in [0.1, 0.15) is 23.2 Å². The molecule has 2 aromatic heterocycles. The Morgan fingerprint density at radius 2 is 2.00 bits per heavy atom. The average Bonchev–Trinajstić information content (AvgIpc) is 3.03. The fourth-order valence-electron chi connectivity index (χ4n) is 2.48. The lowest BCUT2D eigenvalue weighted by molar-refractivity contribution is 0.0916. The Hall–Kier alpha value is -1.80. The topological polar surface area (TPSA) is 75.9 Å². The third kappa shape index (κ3) is 3.33. The summed E-state index contributed by atoms with van der Waals surface area (Å²) in [5.74, 6) is 0.568. The highest BCUT2D eigenvalue weighted by molar-refractivity contribution is 9.10. The van der Waals surface area contributed by atoms with Crippen molar-refractivity contribution in [2.24, 2.45) is 0 Å². The van der Waals surface area contributed by atoms with E-state index in [2.05, 4.69) is 48.4 Å². The zero-order valence-electron chi connectivity index (χ0n) is 12.2. The van der Waals surface area contributed by atoms with Gasteiger partial charge in [-0.1, -0.05) is 0 Å². The zero-order valence-corrected chi connectivity index (χ0v) is 13.8. The second-order valence-corrected chi connectivity index (χ2v) is 6.30. The Morgan fingerprint density at radius 1 is 1.32 bits per heavy atom. The summed E-state index contributed by atoms with van der Waals surface area (Å²) in [7, 11) is 2.10. The number of amides is 1. The number of aromatic nitrogens is 4. The van der Waals surface area contributed by atoms with Crippen molar-refractivity contribution in [1.29, 1.82) is 0 Å². The molecule has 3 rings (SSSR count). The van der Waals surface area contributed by atoms with Crippen LogP contribution in [0.2, 0.25) is 0 Å². The number of hydrogen-bond acceptors (Lipinski definition) is 5. The molecular weight excluding hydrogens is 348 g/mol. The molecular formula is C14H17BrN6O. The average molecular weight is 365 g/mol. The molecule has 0 atom stereocenters. The van der Waals surface area contributed by atoms with E-state index in [4.69, 9.17) is 0 Å². The third-order valence-corrected chi connectivity index (χ3v) is 4.38. The maximum Gasteiger partial charge on any atom is 0.253 e. The van der Waals surface area contributed by atoms with E-state index in [1.807, 2.05) is 0 Å². The maximum absolute atomic E-state index is 12.3. The van der Waals surface area contributed by atoms with Gasteiger partial charge in [-0.25, -0.2) is 4.98 Å². The number of nitrogens with one attached hydrogen (secondary N) is 1. The van der Waals surface area contributed by atoms with E-state index in [0.717, 1.165) is 30.4 Å². The first-order valence-electron chi connectivity index (χ1n) is 7.13. The smallest absolute Gasteiger partial charge is 0.253 e. The Bertz CT molecular complexity index is 651. The summed E-state index contributed by atoms with van der Waals surface area (Å²) < 4.78 is 2.41. The second-order valence-electron chi connectivity index (χ2n) is 5.45. The van der Waals surface area contributed by atoms with Crippen LogP contribution in [0.4, 0.5) is 0 Å². The standard InChI is InChI=1S/C14H17BrN6O/c1-20-4-2-11(3-5-20)19-14(22)10-6-12(15)13(16-7-10)21-8-17-18-9-21/h6-9,11H,2-5H2,1H3,(H,19,22). The predicted octanol–water partition coefficient (Wildman–Crippen LogP) is 1.25. The molecule has 1 fully saturated rings. The van der Waals surface area contributed by atoms with Gasteiger partial charge in [0, 0.05) is 12.2 Å². The molecule has 7 nitrogen and oxygen atoms in total. The van der Waals surface area contributed by atoms with Gasteiger partial charge in [0.05, 0.1) is 10.0 Å². The van der Waals surface area contributed by atoms with Gasteiger partial charge in [0.1, 0.15) is 12.7 Å². The number of nitrogens with zero attached hydrogens (tertiary/aromatic N) is 5. The molecule has 8 heteroatoms. The van der Waals surface area contributed by atoms with Gasteiger partial charge in [0.2, 0.25) is 0 Å². The van der Waals surface area contributed by atoms with Crippen LogP contribution >= 0.6 is 15.9 Å². The lowest BCUT2D eigenvalue weighted by Crippen LogP contribution is -2.43. The van der Waals surface area contributed by atoms with Gasteiger partial charge in [-0.05, 0) is 55.0 Å². The van der Waals surface area contributed by atoms with Gasteiger partial charge >= 0.3 is 0 Å². The molecule has 3 heterocycles. The van der Waals surface area contributed by atoms with E-state index in [1.165, 1.54) is 0 Å². The second kappa shape index (κ2) is 6.53. The summed E-state index contributed by atoms with van der Waals surface area (Å²) in [5, 5.41) is 10.6. The van der Waals surface area contributed by atoms with Crippen LogP contribution in [0.5, 0.6) is 0 Å². The first-order chi connectivity index (χ1) is 10.6. The van der Waals surface area contributed by atoms with Crippen LogP contribution < -0.4 is 5.32 Å². The number of piperidine rings is 1. The van der Waals surface area contributed by atoms with E-state index in [0.29, 0.717) is 11.4 Å². The number of pyridine rings is 1. The molecule has 0 bridgehead atoms. The zero-order chi connectivity index (χ0) is 15.5. The van der Waals surface area contributed by atoms with E-state index >= 15 is 0 Å². The molecule has 1 N–H and O–H groups in total. The van der Waals surface area contributed by atoms with Crippen molar-refractivity contribution in [2.75, 3.05) is 20.1 Å². The van der Waals surface area contributed by atoms with Crippen LogP contribution in [0.15, 0.2) is 29.4 Å². The van der Waals surface area contributed by atoms with Crippen LogP contribution in [-0.4, -0.2) is 56.7 Å². The number of hydrogen-bond donors (Lipinski definition) is 1. The summed E-state index contributed by atoms with van der Waals surface area (Å²) in [6.07, 6.45) is 6.66. The normalized spacial score (nSPS) is 16.6. The van der Waals surface area contributed by atoms with Crippen molar-refractivity contribution in [1.82, 2.24) is 30.0 Å². The number of rotatable bonds is 3. The Balaban J connectivity index is 1.69. The fourth-order valence-corrected chi connectivity index (χ4v) is 3.03. The highest BCUT2D eigenvalue weighted by Crippen LogP contribution is 2.20. The van der Waals surface area contributed by atoms with Gasteiger partial charge < -0.3 is 10.2 Å². The van der Waals surface area contributed by atoms with E-state index < -0.39 is 0 Å². The van der Waals surface area contributed by atoms with Gasteiger partial charge in [0.25, 0.3) is 5.91 Å². The molecule has 0 radical (unpaired) electrons. The summed E-state index contributed by atoms with van der Waals surface area (Å²) in [4.78, 5) is 18.9. The number of likely N-dealkylation sites (tertiary alicyclic amines) is 1. The van der Waals surface area contributed by atoms with Crippen LogP contribution in [0, 0.1) is 0 Å². The molecule has 0 unspecified atom stereocenters. The van der Waals surface area contributed by atoms with Gasteiger partial charge in [-0.15, -0.1) is 10.2 Å². The molecule has 0 aliphatic carbocycles. The largest absolute Gasteiger partial charge is 0.349 e. The lowest BCUT2D eigenvalue weighted by Gasteiger charge is -2.29. The van der Waals surface area contributed by atoms with Crippen molar-refractivity contribution in [2.45, 2.75) is 18.9 Å². The molecule has 2 aromatic rings. The molecule has 0 aromatic carbocycles. The van der Waals surface area contributed by atoms with Crippen molar-refractivity contribution in [3.63, 3.8) is 0 Å². The first-order valence-corrected chi connectivity index (χ1v) is 7.93. The van der Waals surface area contributed by atoms with E-state index in [1.54, 1.807) is 29.5 Å². The van der Waals surface area contributed by atoms with E-state index in [-0.39, 0.29) is 11.9 Å². The Labute approximate surface area is 136 Å². The SMILES string of the molecule is CN1CCC(NC(=O)c2cnc(-n3cnnc3)c(Br)c2)CC1. The molecule has 0 saturated carbocycles. The van der Waals surface area contributed by atoms with Gasteiger partial charge in [0.15, 0.2) is 5.82 Å². The number of halogens is 1. The van der Waals surface area contributed by atoms with Crippen molar-refractivity contribution >= 4 is 21.8 Å². The summed E-state index contributed by atoms with van der Waals surface area (Å²) in [5.41, 5.74) is 0.544. The third-order valence-electron chi connectivity index (χ3n) is 3.80. The highest BCUT2D eigenvalue weighted by Gasteiger charge is 2.19. The Kier molecular flexibility index (Phi) is 4.49. The van der Waals surface area contributed by atoms with Crippen molar-refractivity contribution in [3.05, 3.63) is 35.0 Å². The molecule has 1 saturated heterocycles. The molecule has 22 heavy (non-hydrogen) atoms. The molecule has 1 aliphatic rings. The summed E-state index contributed by atoms with van der Waals surface area (Å²) in [6, 6.07) is 2.01. The minimum Gasteiger partial charge on any atom is -0.349 e. The van der Waals surface area contributed by atoms with Crippen LogP contribution in [-0.2, 0) is 0 Å². The van der Waals surface area contributed by atoms with Crippen LogP contribution in [0.25, 0.3) is 5.82 Å². The predicted molar refractivity (Wildman–Crippen MR) is 84.8 cm³/mol. The summed E-state index contributed by atoms with van der Waals surface area (Å²) in [6.45, 7) is 2.03. The highest BCUT2D eigenvalue weighted by atomic mass is 79.9. The molecule has 1 aliphatic heterocycles. The van der Waals surface area contributed by atoms with E-state index in [9.17, 15) is 4.79 Å². The van der Waals surface area contributed by atoms with Gasteiger partial charge in [-0.2, -0.15) is 0 Å². The number of carbonyl (C=O) groups excluding carboxylic acids is 1. The molecule has 116 valence electrons.